The van der Waals surface area contributed by atoms with Gasteiger partial charge in [-0.15, -0.1) is 0 Å². The van der Waals surface area contributed by atoms with Crippen LogP contribution in [0, 0.1) is 0 Å². The molecule has 0 heterocycles. The van der Waals surface area contributed by atoms with Gasteiger partial charge in [0, 0.05) is 12.4 Å². The third kappa shape index (κ3) is 2.20. The van der Waals surface area contributed by atoms with Crippen molar-refractivity contribution < 1.29 is 13.8 Å². The summed E-state index contributed by atoms with van der Waals surface area (Å²) < 4.78 is 23.7. The number of hydrogen-bond donors (Lipinski definition) is 0. The van der Waals surface area contributed by atoms with Gasteiger partial charge < -0.3 is 9.26 Å². The van der Waals surface area contributed by atoms with Crippen LogP contribution in [0.5, 0.6) is 5.75 Å². The second-order valence-corrected chi connectivity index (χ2v) is 6.21. The third-order valence-electron chi connectivity index (χ3n) is 2.76. The SMILES string of the molecule is COc1ccccc1P(=O)(OC)c1ccccc1. The Hall–Kier alpha value is -1.57. The van der Waals surface area contributed by atoms with Crippen LogP contribution in [0.3, 0.4) is 0 Å². The van der Waals surface area contributed by atoms with Crippen LogP contribution < -0.4 is 15.3 Å². The van der Waals surface area contributed by atoms with Crippen LogP contribution >= 0.6 is 7.37 Å². The predicted molar refractivity (Wildman–Crippen MR) is 73.3 cm³/mol. The summed E-state index contributed by atoms with van der Waals surface area (Å²) in [6, 6.07) is 16.4. The summed E-state index contributed by atoms with van der Waals surface area (Å²) in [5.41, 5.74) is 0. The van der Waals surface area contributed by atoms with Gasteiger partial charge in [-0.1, -0.05) is 30.3 Å². The van der Waals surface area contributed by atoms with E-state index in [0.717, 1.165) is 0 Å². The van der Waals surface area contributed by atoms with Crippen LogP contribution in [0.1, 0.15) is 0 Å². The van der Waals surface area contributed by atoms with E-state index in [1.807, 2.05) is 30.3 Å². The molecular formula is C14H15O3P. The lowest BCUT2D eigenvalue weighted by Crippen LogP contribution is -2.18. The molecule has 0 N–H and O–H groups in total. The minimum absolute atomic E-state index is 0.575. The molecule has 0 radical (unpaired) electrons. The Balaban J connectivity index is 2.61. The van der Waals surface area contributed by atoms with E-state index in [0.29, 0.717) is 16.4 Å². The van der Waals surface area contributed by atoms with Crippen molar-refractivity contribution >= 4 is 18.0 Å². The molecule has 0 amide bonds. The molecule has 0 fully saturated rings. The minimum Gasteiger partial charge on any atom is -0.496 e. The van der Waals surface area contributed by atoms with Crippen molar-refractivity contribution in [1.82, 2.24) is 0 Å². The summed E-state index contributed by atoms with van der Waals surface area (Å²) >= 11 is 0. The molecule has 0 aliphatic rings. The normalized spacial score (nSPS) is 13.9. The number of para-hydroxylation sites is 1. The number of rotatable bonds is 4. The minimum atomic E-state index is -3.08. The van der Waals surface area contributed by atoms with E-state index >= 15 is 0 Å². The maximum atomic E-state index is 13.1. The fourth-order valence-corrected chi connectivity index (χ4v) is 3.83. The summed E-state index contributed by atoms with van der Waals surface area (Å²) in [5.74, 6) is 0.575. The number of hydrogen-bond acceptors (Lipinski definition) is 3. The van der Waals surface area contributed by atoms with Crippen molar-refractivity contribution in [1.29, 1.82) is 0 Å². The third-order valence-corrected chi connectivity index (χ3v) is 5.25. The van der Waals surface area contributed by atoms with Crippen LogP contribution in [0.4, 0.5) is 0 Å². The van der Waals surface area contributed by atoms with E-state index in [1.54, 1.807) is 31.4 Å². The highest BCUT2D eigenvalue weighted by Crippen LogP contribution is 2.46. The number of benzene rings is 2. The topological polar surface area (TPSA) is 35.5 Å². The van der Waals surface area contributed by atoms with Gasteiger partial charge in [-0.05, 0) is 24.3 Å². The summed E-state index contributed by atoms with van der Waals surface area (Å²) in [7, 11) is -0.0662. The standard InChI is InChI=1S/C14H15O3P/c1-16-13-10-6-7-11-14(13)18(15,17-2)12-8-4-3-5-9-12/h3-11H,1-2H3. The Bertz CT molecular complexity index is 566. The molecule has 0 aliphatic heterocycles. The van der Waals surface area contributed by atoms with Crippen molar-refractivity contribution in [3.05, 3.63) is 54.6 Å². The maximum Gasteiger partial charge on any atom is 0.264 e. The lowest BCUT2D eigenvalue weighted by atomic mass is 10.3. The highest BCUT2D eigenvalue weighted by molar-refractivity contribution is 7.74. The first-order valence-corrected chi connectivity index (χ1v) is 7.20. The number of methoxy groups -OCH3 is 1. The molecule has 3 nitrogen and oxygen atoms in total. The Morgan fingerprint density at radius 2 is 1.50 bits per heavy atom. The highest BCUT2D eigenvalue weighted by Gasteiger charge is 2.30. The molecule has 2 rings (SSSR count). The van der Waals surface area contributed by atoms with Gasteiger partial charge in [0.05, 0.1) is 12.4 Å². The molecule has 0 aliphatic carbocycles. The second kappa shape index (κ2) is 5.38. The van der Waals surface area contributed by atoms with Crippen LogP contribution in [-0.2, 0) is 9.09 Å². The summed E-state index contributed by atoms with van der Waals surface area (Å²) in [6.07, 6.45) is 0. The van der Waals surface area contributed by atoms with Crippen LogP contribution in [-0.4, -0.2) is 14.2 Å². The van der Waals surface area contributed by atoms with Crippen molar-refractivity contribution in [3.8, 4) is 5.75 Å². The van der Waals surface area contributed by atoms with Gasteiger partial charge in [0.2, 0.25) is 0 Å². The Kier molecular flexibility index (Phi) is 3.85. The van der Waals surface area contributed by atoms with E-state index in [2.05, 4.69) is 0 Å². The van der Waals surface area contributed by atoms with Crippen molar-refractivity contribution in [2.45, 2.75) is 0 Å². The van der Waals surface area contributed by atoms with Gasteiger partial charge in [-0.3, -0.25) is 4.57 Å². The smallest absolute Gasteiger partial charge is 0.264 e. The molecule has 0 bridgehead atoms. The zero-order valence-corrected chi connectivity index (χ0v) is 11.3. The summed E-state index contributed by atoms with van der Waals surface area (Å²) in [6.45, 7) is 0. The lowest BCUT2D eigenvalue weighted by Gasteiger charge is -2.19. The van der Waals surface area contributed by atoms with E-state index in [1.165, 1.54) is 7.11 Å². The lowest BCUT2D eigenvalue weighted by molar-refractivity contribution is 0.402. The molecule has 0 saturated carbocycles. The maximum absolute atomic E-state index is 13.1. The predicted octanol–water partition coefficient (Wildman–Crippen LogP) is 2.57. The molecule has 4 heteroatoms. The molecule has 18 heavy (non-hydrogen) atoms. The quantitative estimate of drug-likeness (QED) is 0.794. The van der Waals surface area contributed by atoms with Gasteiger partial charge >= 0.3 is 0 Å². The Morgan fingerprint density at radius 1 is 0.889 bits per heavy atom. The first-order valence-electron chi connectivity index (χ1n) is 5.57. The van der Waals surface area contributed by atoms with Crippen LogP contribution in [0.2, 0.25) is 0 Å². The van der Waals surface area contributed by atoms with Gasteiger partial charge in [-0.25, -0.2) is 0 Å². The average molecular weight is 262 g/mol. The zero-order chi connectivity index (χ0) is 13.0. The zero-order valence-electron chi connectivity index (χ0n) is 10.4. The Morgan fingerprint density at radius 3 is 2.11 bits per heavy atom. The molecular weight excluding hydrogens is 247 g/mol. The highest BCUT2D eigenvalue weighted by atomic mass is 31.2. The monoisotopic (exact) mass is 262 g/mol. The molecule has 0 saturated heterocycles. The fourth-order valence-electron chi connectivity index (χ4n) is 1.84. The van der Waals surface area contributed by atoms with E-state index in [4.69, 9.17) is 9.26 Å². The van der Waals surface area contributed by atoms with Gasteiger partial charge in [0.1, 0.15) is 5.75 Å². The van der Waals surface area contributed by atoms with Crippen LogP contribution in [0.15, 0.2) is 54.6 Å². The van der Waals surface area contributed by atoms with Gasteiger partial charge in [0.25, 0.3) is 7.37 Å². The largest absolute Gasteiger partial charge is 0.496 e. The molecule has 94 valence electrons. The molecule has 2 aromatic carbocycles. The Labute approximate surface area is 107 Å². The van der Waals surface area contributed by atoms with E-state index < -0.39 is 7.37 Å². The van der Waals surface area contributed by atoms with Crippen molar-refractivity contribution in [2.24, 2.45) is 0 Å². The fraction of sp³-hybridized carbons (Fsp3) is 0.143. The second-order valence-electron chi connectivity index (χ2n) is 3.74. The first kappa shape index (κ1) is 12.9. The molecule has 0 spiro atoms. The van der Waals surface area contributed by atoms with Crippen molar-refractivity contribution in [2.75, 3.05) is 14.2 Å². The van der Waals surface area contributed by atoms with Gasteiger partial charge in [0.15, 0.2) is 0 Å². The molecule has 2 aromatic rings. The molecule has 0 aromatic heterocycles. The summed E-state index contributed by atoms with van der Waals surface area (Å²) in [4.78, 5) is 0. The molecule has 1 unspecified atom stereocenters. The molecule has 1 atom stereocenters. The van der Waals surface area contributed by atoms with Crippen molar-refractivity contribution in [3.63, 3.8) is 0 Å². The van der Waals surface area contributed by atoms with E-state index in [9.17, 15) is 4.57 Å². The summed E-state index contributed by atoms with van der Waals surface area (Å²) in [5, 5.41) is 1.25. The van der Waals surface area contributed by atoms with Gasteiger partial charge in [-0.2, -0.15) is 0 Å². The number of ether oxygens (including phenoxy) is 1. The van der Waals surface area contributed by atoms with E-state index in [-0.39, 0.29) is 0 Å². The average Bonchev–Trinajstić information content (AvgIpc) is 2.47. The first-order chi connectivity index (χ1) is 8.72. The van der Waals surface area contributed by atoms with Crippen LogP contribution in [0.25, 0.3) is 0 Å².